The van der Waals surface area contributed by atoms with Crippen LogP contribution in [0.1, 0.15) is 25.3 Å². The van der Waals surface area contributed by atoms with Crippen LogP contribution in [0.25, 0.3) is 0 Å². The zero-order valence-corrected chi connectivity index (χ0v) is 12.5. The standard InChI is InChI=1S/C13H19F3N2O2S/c1-2-10(7-8-17)9-18-21(19,20)12-6-4-3-5-11(12)13(14,15)16/h3-6,10,18H,2,7-9,17H2,1H3. The second-order valence-electron chi connectivity index (χ2n) is 4.70. The van der Waals surface area contributed by atoms with Crippen LogP contribution in [-0.4, -0.2) is 21.5 Å². The molecule has 3 N–H and O–H groups in total. The molecule has 0 amide bonds. The summed E-state index contributed by atoms with van der Waals surface area (Å²) in [6, 6.07) is 4.13. The minimum atomic E-state index is -4.72. The molecule has 1 aromatic carbocycles. The second-order valence-corrected chi connectivity index (χ2v) is 6.43. The van der Waals surface area contributed by atoms with E-state index in [1.165, 1.54) is 6.07 Å². The van der Waals surface area contributed by atoms with Gasteiger partial charge in [-0.25, -0.2) is 13.1 Å². The minimum Gasteiger partial charge on any atom is -0.330 e. The van der Waals surface area contributed by atoms with Crippen molar-refractivity contribution in [2.24, 2.45) is 11.7 Å². The largest absolute Gasteiger partial charge is 0.417 e. The summed E-state index contributed by atoms with van der Waals surface area (Å²) in [5.74, 6) is 0.00261. The van der Waals surface area contributed by atoms with Gasteiger partial charge in [0.1, 0.15) is 0 Å². The Bertz CT molecular complexity index is 559. The summed E-state index contributed by atoms with van der Waals surface area (Å²) >= 11 is 0. The molecule has 1 aromatic rings. The van der Waals surface area contributed by atoms with Gasteiger partial charge in [-0.2, -0.15) is 13.2 Å². The normalized spacial score (nSPS) is 14.1. The number of hydrogen-bond acceptors (Lipinski definition) is 3. The Balaban J connectivity index is 2.99. The molecule has 0 bridgehead atoms. The maximum Gasteiger partial charge on any atom is 0.417 e. The van der Waals surface area contributed by atoms with Gasteiger partial charge >= 0.3 is 6.18 Å². The van der Waals surface area contributed by atoms with Crippen LogP contribution in [-0.2, 0) is 16.2 Å². The van der Waals surface area contributed by atoms with Gasteiger partial charge in [0, 0.05) is 6.54 Å². The maximum absolute atomic E-state index is 12.9. The molecule has 1 rings (SSSR count). The number of alkyl halides is 3. The highest BCUT2D eigenvalue weighted by molar-refractivity contribution is 7.89. The van der Waals surface area contributed by atoms with Gasteiger partial charge in [0.2, 0.25) is 10.0 Å². The highest BCUT2D eigenvalue weighted by atomic mass is 32.2. The Morgan fingerprint density at radius 3 is 2.43 bits per heavy atom. The first-order chi connectivity index (χ1) is 9.72. The van der Waals surface area contributed by atoms with Gasteiger partial charge in [0.15, 0.2) is 0 Å². The molecular formula is C13H19F3N2O2S. The minimum absolute atomic E-state index is 0.00261. The number of hydrogen-bond donors (Lipinski definition) is 2. The van der Waals surface area contributed by atoms with Crippen molar-refractivity contribution in [1.82, 2.24) is 4.72 Å². The molecule has 0 saturated carbocycles. The van der Waals surface area contributed by atoms with Gasteiger partial charge in [0.05, 0.1) is 10.5 Å². The highest BCUT2D eigenvalue weighted by Gasteiger charge is 2.36. The Kier molecular flexibility index (Phi) is 6.18. The van der Waals surface area contributed by atoms with Crippen LogP contribution in [0.3, 0.4) is 0 Å². The number of sulfonamides is 1. The van der Waals surface area contributed by atoms with Crippen LogP contribution in [0.2, 0.25) is 0 Å². The van der Waals surface area contributed by atoms with E-state index in [1.807, 2.05) is 6.92 Å². The van der Waals surface area contributed by atoms with E-state index in [2.05, 4.69) is 4.72 Å². The van der Waals surface area contributed by atoms with Crippen molar-refractivity contribution in [3.63, 3.8) is 0 Å². The van der Waals surface area contributed by atoms with Crippen LogP contribution in [0, 0.1) is 5.92 Å². The molecule has 0 aliphatic rings. The van der Waals surface area contributed by atoms with Crippen molar-refractivity contribution < 1.29 is 21.6 Å². The Morgan fingerprint density at radius 2 is 1.90 bits per heavy atom. The number of halogens is 3. The molecule has 0 aliphatic carbocycles. The van der Waals surface area contributed by atoms with E-state index in [1.54, 1.807) is 0 Å². The van der Waals surface area contributed by atoms with Crippen molar-refractivity contribution in [3.8, 4) is 0 Å². The Hall–Kier alpha value is -1.12. The number of nitrogens with one attached hydrogen (secondary N) is 1. The van der Waals surface area contributed by atoms with Gasteiger partial charge in [-0.3, -0.25) is 0 Å². The van der Waals surface area contributed by atoms with Crippen LogP contribution >= 0.6 is 0 Å². The summed E-state index contributed by atoms with van der Waals surface area (Å²) in [4.78, 5) is -0.750. The average molecular weight is 324 g/mol. The molecule has 0 heterocycles. The summed E-state index contributed by atoms with van der Waals surface area (Å²) in [7, 11) is -4.21. The van der Waals surface area contributed by atoms with Crippen LogP contribution in [0.4, 0.5) is 13.2 Å². The summed E-state index contributed by atoms with van der Waals surface area (Å²) in [5, 5.41) is 0. The van der Waals surface area contributed by atoms with Crippen LogP contribution < -0.4 is 10.5 Å². The first kappa shape index (κ1) is 17.9. The molecule has 4 nitrogen and oxygen atoms in total. The van der Waals surface area contributed by atoms with Crippen molar-refractivity contribution in [2.45, 2.75) is 30.8 Å². The summed E-state index contributed by atoms with van der Waals surface area (Å²) < 4.78 is 65.0. The SMILES string of the molecule is CCC(CCN)CNS(=O)(=O)c1ccccc1C(F)(F)F. The van der Waals surface area contributed by atoms with Gasteiger partial charge in [0.25, 0.3) is 0 Å². The molecule has 0 radical (unpaired) electrons. The fourth-order valence-electron chi connectivity index (χ4n) is 1.93. The zero-order valence-electron chi connectivity index (χ0n) is 11.7. The molecule has 0 saturated heterocycles. The zero-order chi connectivity index (χ0) is 16.1. The molecular weight excluding hydrogens is 305 g/mol. The molecule has 0 fully saturated rings. The van der Waals surface area contributed by atoms with E-state index in [-0.39, 0.29) is 12.5 Å². The topological polar surface area (TPSA) is 72.2 Å². The van der Waals surface area contributed by atoms with Gasteiger partial charge < -0.3 is 5.73 Å². The average Bonchev–Trinajstić information content (AvgIpc) is 2.42. The lowest BCUT2D eigenvalue weighted by molar-refractivity contribution is -0.139. The quantitative estimate of drug-likeness (QED) is 0.809. The first-order valence-corrected chi connectivity index (χ1v) is 8.06. The number of rotatable bonds is 7. The lowest BCUT2D eigenvalue weighted by Gasteiger charge is -2.17. The summed E-state index contributed by atoms with van der Waals surface area (Å²) in [6.45, 7) is 2.35. The van der Waals surface area contributed by atoms with Gasteiger partial charge in [-0.15, -0.1) is 0 Å². The van der Waals surface area contributed by atoms with Crippen molar-refractivity contribution in [1.29, 1.82) is 0 Å². The third-order valence-corrected chi connectivity index (χ3v) is 4.68. The summed E-state index contributed by atoms with van der Waals surface area (Å²) in [5.41, 5.74) is 4.25. The third-order valence-electron chi connectivity index (χ3n) is 3.20. The molecule has 0 spiro atoms. The molecule has 0 aromatic heterocycles. The maximum atomic E-state index is 12.9. The predicted molar refractivity (Wildman–Crippen MR) is 74.1 cm³/mol. The number of nitrogens with two attached hydrogens (primary N) is 1. The van der Waals surface area contributed by atoms with Gasteiger partial charge in [-0.05, 0) is 31.0 Å². The van der Waals surface area contributed by atoms with E-state index in [0.717, 1.165) is 18.2 Å². The van der Waals surface area contributed by atoms with Crippen molar-refractivity contribution >= 4 is 10.0 Å². The molecule has 1 atom stereocenters. The van der Waals surface area contributed by atoms with Crippen LogP contribution in [0.15, 0.2) is 29.2 Å². The monoisotopic (exact) mass is 324 g/mol. The molecule has 120 valence electrons. The second kappa shape index (κ2) is 7.24. The van der Waals surface area contributed by atoms with Gasteiger partial charge in [-0.1, -0.05) is 25.5 Å². The Labute approximate surface area is 122 Å². The first-order valence-electron chi connectivity index (χ1n) is 6.58. The number of benzene rings is 1. The highest BCUT2D eigenvalue weighted by Crippen LogP contribution is 2.33. The predicted octanol–water partition coefficient (Wildman–Crippen LogP) is 2.36. The molecule has 8 heteroatoms. The smallest absolute Gasteiger partial charge is 0.330 e. The molecule has 1 unspecified atom stereocenters. The lowest BCUT2D eigenvalue weighted by atomic mass is 10.0. The van der Waals surface area contributed by atoms with E-state index >= 15 is 0 Å². The van der Waals surface area contributed by atoms with E-state index < -0.39 is 26.7 Å². The third kappa shape index (κ3) is 4.98. The fraction of sp³-hybridized carbons (Fsp3) is 0.538. The summed E-state index contributed by atoms with van der Waals surface area (Å²) in [6.07, 6.45) is -3.41. The van der Waals surface area contributed by atoms with E-state index in [4.69, 9.17) is 5.73 Å². The molecule has 21 heavy (non-hydrogen) atoms. The fourth-order valence-corrected chi connectivity index (χ4v) is 3.27. The van der Waals surface area contributed by atoms with E-state index in [0.29, 0.717) is 19.4 Å². The lowest BCUT2D eigenvalue weighted by Crippen LogP contribution is -2.31. The Morgan fingerprint density at radius 1 is 1.29 bits per heavy atom. The molecule has 0 aliphatic heterocycles. The van der Waals surface area contributed by atoms with Crippen molar-refractivity contribution in [2.75, 3.05) is 13.1 Å². The van der Waals surface area contributed by atoms with Crippen molar-refractivity contribution in [3.05, 3.63) is 29.8 Å². The van der Waals surface area contributed by atoms with Crippen LogP contribution in [0.5, 0.6) is 0 Å². The van der Waals surface area contributed by atoms with E-state index in [9.17, 15) is 21.6 Å².